The number of benzene rings is 2. The van der Waals surface area contributed by atoms with Crippen LogP contribution in [0, 0.1) is 0 Å². The van der Waals surface area contributed by atoms with Crippen LogP contribution in [0.5, 0.6) is 11.5 Å². The first-order valence-corrected chi connectivity index (χ1v) is 23.6. The zero-order chi connectivity index (χ0) is 47.7. The summed E-state index contributed by atoms with van der Waals surface area (Å²) >= 11 is 0. The molecule has 0 unspecified atom stereocenters. The summed E-state index contributed by atoms with van der Waals surface area (Å²) in [6.45, 7) is 8.99. The molecular formula is C48H77N9O8. The Balaban J connectivity index is 2.03. The fourth-order valence-electron chi connectivity index (χ4n) is 7.60. The highest BCUT2D eigenvalue weighted by Crippen LogP contribution is 2.40. The number of nitrogens with two attached hydrogens (primary N) is 3. The molecule has 1 aliphatic rings. The Hall–Kier alpha value is -5.10. The van der Waals surface area contributed by atoms with Crippen molar-refractivity contribution in [1.82, 2.24) is 31.5 Å². The molecule has 2 aromatic rings. The first-order valence-electron chi connectivity index (χ1n) is 23.6. The zero-order valence-corrected chi connectivity index (χ0v) is 39.4. The van der Waals surface area contributed by atoms with Crippen molar-refractivity contribution in [2.24, 2.45) is 17.2 Å². The van der Waals surface area contributed by atoms with E-state index in [2.05, 4.69) is 33.5 Å². The standard InChI is InChI=1S/C48H77N9O8/c1-6-7-8-9-10-11-12-15-25-52-26-21-43(59)55-39(16-13-14-22-49)48(63)57(5)44-36-18-20-42(65-28-24-51)38(31-36)37-29-35(17-19-41(37)64-27-23-50)30-40(46(61)53-32(2)34(4)58)56-45(60)33(3)54-47(44)62/h17-20,29,31-33,39-40,44,52H,6-16,21-28,30,49-51H2,1-5H3,(H,53,61)(H,54,62)(H,55,59)(H,56,60)/t32-,33-,39-,40-,44-/m0/s1. The van der Waals surface area contributed by atoms with Gasteiger partial charge in [0, 0.05) is 50.7 Å². The third-order valence-electron chi connectivity index (χ3n) is 11.5. The third-order valence-corrected chi connectivity index (χ3v) is 11.5. The van der Waals surface area contributed by atoms with Crippen LogP contribution in [0.15, 0.2) is 36.4 Å². The SMILES string of the molecule is CCCCCCCCCCNCCC(=O)N[C@@H](CCCCN)C(=O)N(C)[C@@H]1C(=O)N[C@@H](C)C(=O)N[C@H](C(=O)N[C@@H](C)C(C)=O)Cc2ccc(OCCN)c(c2)-c2cc1ccc2OCCN. The van der Waals surface area contributed by atoms with E-state index in [9.17, 15) is 28.8 Å². The Labute approximate surface area is 385 Å². The number of ketones is 1. The number of Topliss-reactive ketones (excluding diaryl/α,β-unsaturated/α-hetero) is 1. The predicted molar refractivity (Wildman–Crippen MR) is 253 cm³/mol. The molecule has 17 nitrogen and oxygen atoms in total. The number of unbranched alkanes of at least 4 members (excludes halogenated alkanes) is 8. The lowest BCUT2D eigenvalue weighted by molar-refractivity contribution is -0.143. The molecule has 3 rings (SSSR count). The lowest BCUT2D eigenvalue weighted by atomic mass is 9.93. The molecule has 65 heavy (non-hydrogen) atoms. The highest BCUT2D eigenvalue weighted by Gasteiger charge is 2.36. The average Bonchev–Trinajstić information content (AvgIpc) is 3.28. The number of amides is 5. The topological polar surface area (TPSA) is 262 Å². The van der Waals surface area contributed by atoms with Crippen molar-refractivity contribution >= 4 is 35.3 Å². The second-order valence-corrected chi connectivity index (χ2v) is 16.9. The van der Waals surface area contributed by atoms with Gasteiger partial charge in [0.05, 0.1) is 6.04 Å². The first kappa shape index (κ1) is 54.2. The van der Waals surface area contributed by atoms with E-state index in [1.54, 1.807) is 43.3 Å². The molecule has 0 spiro atoms. The molecule has 0 radical (unpaired) electrons. The van der Waals surface area contributed by atoms with Gasteiger partial charge in [-0.05, 0) is 94.9 Å². The third kappa shape index (κ3) is 18.0. The maximum Gasteiger partial charge on any atom is 0.248 e. The molecule has 0 aliphatic carbocycles. The van der Waals surface area contributed by atoms with Crippen molar-refractivity contribution < 1.29 is 38.2 Å². The summed E-state index contributed by atoms with van der Waals surface area (Å²) in [4.78, 5) is 83.5. The quantitative estimate of drug-likeness (QED) is 0.0574. The fourth-order valence-corrected chi connectivity index (χ4v) is 7.60. The van der Waals surface area contributed by atoms with Gasteiger partial charge in [0.25, 0.3) is 0 Å². The highest BCUT2D eigenvalue weighted by molar-refractivity contribution is 5.97. The van der Waals surface area contributed by atoms with Crippen LogP contribution in [0.25, 0.3) is 11.1 Å². The molecule has 4 bridgehead atoms. The van der Waals surface area contributed by atoms with Crippen molar-refractivity contribution in [3.63, 3.8) is 0 Å². The van der Waals surface area contributed by atoms with Crippen molar-refractivity contribution in [3.05, 3.63) is 47.5 Å². The maximum absolute atomic E-state index is 14.6. The van der Waals surface area contributed by atoms with Crippen LogP contribution in [0.1, 0.15) is 122 Å². The molecule has 17 heteroatoms. The molecule has 362 valence electrons. The second-order valence-electron chi connectivity index (χ2n) is 16.9. The first-order chi connectivity index (χ1) is 31.3. The monoisotopic (exact) mass is 908 g/mol. The van der Waals surface area contributed by atoms with Crippen LogP contribution in [-0.4, -0.2) is 117 Å². The summed E-state index contributed by atoms with van der Waals surface area (Å²) in [7, 11) is 1.49. The minimum atomic E-state index is -1.32. The Kier molecular flexibility index (Phi) is 24.6. The van der Waals surface area contributed by atoms with Gasteiger partial charge in [0.2, 0.25) is 29.5 Å². The van der Waals surface area contributed by atoms with Crippen molar-refractivity contribution in [3.8, 4) is 22.6 Å². The Bertz CT molecular complexity index is 1850. The largest absolute Gasteiger partial charge is 0.492 e. The van der Waals surface area contributed by atoms with E-state index >= 15 is 0 Å². The number of nitrogens with zero attached hydrogens (tertiary/aromatic N) is 1. The van der Waals surface area contributed by atoms with Gasteiger partial charge in [0.1, 0.15) is 48.9 Å². The smallest absolute Gasteiger partial charge is 0.248 e. The number of likely N-dealkylation sites (N-methyl/N-ethyl adjacent to an activating group) is 1. The van der Waals surface area contributed by atoms with E-state index in [1.807, 2.05) is 0 Å². The predicted octanol–water partition coefficient (Wildman–Crippen LogP) is 2.90. The molecule has 1 aliphatic heterocycles. The summed E-state index contributed by atoms with van der Waals surface area (Å²) in [5.74, 6) is -2.24. The van der Waals surface area contributed by atoms with Crippen LogP contribution in [-0.2, 0) is 35.2 Å². The van der Waals surface area contributed by atoms with Gasteiger partial charge < -0.3 is 58.2 Å². The second kappa shape index (κ2) is 29.4. The number of rotatable bonds is 28. The summed E-state index contributed by atoms with van der Waals surface area (Å²) in [5.41, 5.74) is 19.5. The minimum absolute atomic E-state index is 0.0121. The Morgan fingerprint density at radius 3 is 2.05 bits per heavy atom. The highest BCUT2D eigenvalue weighted by atomic mass is 16.5. The number of hydrogen-bond donors (Lipinski definition) is 8. The van der Waals surface area contributed by atoms with Crippen LogP contribution in [0.4, 0.5) is 0 Å². The van der Waals surface area contributed by atoms with Crippen molar-refractivity contribution in [2.45, 2.75) is 141 Å². The lowest BCUT2D eigenvalue weighted by Gasteiger charge is -2.33. The van der Waals surface area contributed by atoms with Crippen molar-refractivity contribution in [1.29, 1.82) is 0 Å². The number of carbonyl (C=O) groups is 6. The Morgan fingerprint density at radius 2 is 1.42 bits per heavy atom. The molecule has 0 aromatic heterocycles. The number of fused-ring (bicyclic) bond motifs is 5. The van der Waals surface area contributed by atoms with Gasteiger partial charge in [-0.2, -0.15) is 0 Å². The fraction of sp³-hybridized carbons (Fsp3) is 0.625. The number of ether oxygens (including phenoxy) is 2. The van der Waals surface area contributed by atoms with E-state index in [1.165, 1.54) is 64.3 Å². The van der Waals surface area contributed by atoms with Crippen LogP contribution < -0.4 is 53.3 Å². The molecule has 0 saturated heterocycles. The van der Waals surface area contributed by atoms with Gasteiger partial charge >= 0.3 is 0 Å². The van der Waals surface area contributed by atoms with E-state index < -0.39 is 53.8 Å². The average molecular weight is 908 g/mol. The molecule has 5 amide bonds. The molecular weight excluding hydrogens is 831 g/mol. The molecule has 5 atom stereocenters. The zero-order valence-electron chi connectivity index (χ0n) is 39.4. The maximum atomic E-state index is 14.6. The lowest BCUT2D eigenvalue weighted by Crippen LogP contribution is -2.56. The van der Waals surface area contributed by atoms with Crippen LogP contribution in [0.3, 0.4) is 0 Å². The number of hydrogen-bond acceptors (Lipinski definition) is 12. The van der Waals surface area contributed by atoms with Gasteiger partial charge in [-0.1, -0.05) is 64.0 Å². The van der Waals surface area contributed by atoms with E-state index in [-0.39, 0.29) is 57.3 Å². The molecule has 0 fully saturated rings. The van der Waals surface area contributed by atoms with Crippen LogP contribution in [0.2, 0.25) is 0 Å². The molecule has 2 aromatic carbocycles. The van der Waals surface area contributed by atoms with Gasteiger partial charge in [-0.3, -0.25) is 28.8 Å². The van der Waals surface area contributed by atoms with E-state index in [4.69, 9.17) is 26.7 Å². The van der Waals surface area contributed by atoms with Crippen molar-refractivity contribution in [2.75, 3.05) is 53.0 Å². The summed E-state index contributed by atoms with van der Waals surface area (Å²) < 4.78 is 12.2. The number of nitrogens with one attached hydrogen (secondary N) is 5. The molecule has 0 saturated carbocycles. The summed E-state index contributed by atoms with van der Waals surface area (Å²) in [6.07, 6.45) is 11.3. The van der Waals surface area contributed by atoms with Crippen LogP contribution >= 0.6 is 0 Å². The van der Waals surface area contributed by atoms with Gasteiger partial charge in [-0.15, -0.1) is 0 Å². The van der Waals surface area contributed by atoms with E-state index in [0.29, 0.717) is 59.7 Å². The molecule has 11 N–H and O–H groups in total. The normalized spacial score (nSPS) is 17.1. The molecule has 1 heterocycles. The van der Waals surface area contributed by atoms with E-state index in [0.717, 1.165) is 19.4 Å². The van der Waals surface area contributed by atoms with Gasteiger partial charge in [-0.25, -0.2) is 0 Å². The summed E-state index contributed by atoms with van der Waals surface area (Å²) in [5, 5.41) is 14.5. The Morgan fingerprint density at radius 1 is 0.785 bits per heavy atom. The minimum Gasteiger partial charge on any atom is -0.492 e. The summed E-state index contributed by atoms with van der Waals surface area (Å²) in [6, 6.07) is 4.90. The number of carbonyl (C=O) groups excluding carboxylic acids is 6. The van der Waals surface area contributed by atoms with Gasteiger partial charge in [0.15, 0.2) is 5.78 Å².